The first kappa shape index (κ1) is 22.9. The first-order valence-corrected chi connectivity index (χ1v) is 13.1. The van der Waals surface area contributed by atoms with Gasteiger partial charge < -0.3 is 24.7 Å². The number of nitrogens with one attached hydrogen (secondary N) is 2. The summed E-state index contributed by atoms with van der Waals surface area (Å²) in [7, 11) is 1.98. The van der Waals surface area contributed by atoms with Gasteiger partial charge in [0.15, 0.2) is 11.5 Å². The van der Waals surface area contributed by atoms with Gasteiger partial charge in [0.1, 0.15) is 13.2 Å². The molecular weight excluding hydrogens is 478 g/mol. The number of amides is 1. The van der Waals surface area contributed by atoms with Crippen molar-refractivity contribution in [2.24, 2.45) is 7.05 Å². The minimum atomic E-state index is 0.142. The molecule has 192 valence electrons. The number of nitrogens with zero attached hydrogens (tertiary/aromatic N) is 3. The number of benzene rings is 3. The van der Waals surface area contributed by atoms with Crippen LogP contribution < -0.4 is 20.1 Å². The minimum Gasteiger partial charge on any atom is -0.486 e. The Balaban J connectivity index is 1.25. The molecule has 1 fully saturated rings. The fourth-order valence-electron chi connectivity index (χ4n) is 5.66. The summed E-state index contributed by atoms with van der Waals surface area (Å²) >= 11 is 0. The highest BCUT2D eigenvalue weighted by atomic mass is 16.6. The van der Waals surface area contributed by atoms with E-state index in [-0.39, 0.29) is 11.9 Å². The topological polar surface area (TPSA) is 82.3 Å². The Hall–Kier alpha value is -4.30. The number of hydrogen-bond acceptors (Lipinski definition) is 5. The summed E-state index contributed by atoms with van der Waals surface area (Å²) in [6.45, 7) is 2.60. The van der Waals surface area contributed by atoms with Gasteiger partial charge in [-0.05, 0) is 59.5 Å². The van der Waals surface area contributed by atoms with E-state index in [1.807, 2.05) is 24.0 Å². The number of aryl methyl sites for hydroxylation is 1. The highest BCUT2D eigenvalue weighted by molar-refractivity contribution is 5.97. The number of carbonyl (C=O) groups is 1. The molecule has 3 aromatic carbocycles. The predicted molar refractivity (Wildman–Crippen MR) is 147 cm³/mol. The van der Waals surface area contributed by atoms with Crippen molar-refractivity contribution in [3.8, 4) is 28.3 Å². The minimum absolute atomic E-state index is 0.142. The molecule has 4 heterocycles. The standard InChI is InChI=1S/C30H29N5O3/c1-34-27-15-22(13-20(25(27)18-32-34)16-31-17-21-6-8-30(36)33-21)35-10-9-24-23(3-2-4-26(24)35)19-5-7-28-29(14-19)38-12-11-37-28/h2-5,7,9-10,13-15,18,21,31H,6,8,11-12,16-17H2,1H3,(H,33,36)/t21-/m0/s1. The number of aromatic nitrogens is 3. The van der Waals surface area contributed by atoms with Gasteiger partial charge in [0.25, 0.3) is 0 Å². The fraction of sp³-hybridized carbons (Fsp3) is 0.267. The van der Waals surface area contributed by atoms with Crippen LogP contribution >= 0.6 is 0 Å². The highest BCUT2D eigenvalue weighted by Gasteiger charge is 2.20. The first-order chi connectivity index (χ1) is 18.6. The lowest BCUT2D eigenvalue weighted by Gasteiger charge is -2.19. The maximum atomic E-state index is 11.6. The summed E-state index contributed by atoms with van der Waals surface area (Å²) < 4.78 is 15.7. The average Bonchev–Trinajstić information content (AvgIpc) is 3.67. The van der Waals surface area contributed by atoms with E-state index >= 15 is 0 Å². The number of carbonyl (C=O) groups excluding carboxylic acids is 1. The molecule has 1 saturated heterocycles. The molecule has 0 aliphatic carbocycles. The number of fused-ring (bicyclic) bond motifs is 3. The third kappa shape index (κ3) is 3.97. The Bertz CT molecular complexity index is 1680. The molecule has 5 aromatic rings. The van der Waals surface area contributed by atoms with Crippen molar-refractivity contribution in [3.05, 3.63) is 72.6 Å². The van der Waals surface area contributed by atoms with Crippen LogP contribution in [-0.4, -0.2) is 46.1 Å². The Labute approximate surface area is 220 Å². The molecule has 0 unspecified atom stereocenters. The van der Waals surface area contributed by atoms with Crippen LogP contribution in [0.3, 0.4) is 0 Å². The van der Waals surface area contributed by atoms with E-state index < -0.39 is 0 Å². The SMILES string of the molecule is Cn1ncc2c(CNC[C@@H]3CCC(=O)N3)cc(-n3ccc4c(-c5ccc6c(c5)OCCO6)cccc43)cc21. The normalized spacial score (nSPS) is 16.9. The van der Waals surface area contributed by atoms with Gasteiger partial charge in [-0.25, -0.2) is 0 Å². The van der Waals surface area contributed by atoms with Crippen LogP contribution in [0, 0.1) is 0 Å². The molecule has 0 radical (unpaired) electrons. The number of hydrogen-bond donors (Lipinski definition) is 2. The maximum Gasteiger partial charge on any atom is 0.220 e. The average molecular weight is 508 g/mol. The Morgan fingerprint density at radius 3 is 2.79 bits per heavy atom. The molecule has 8 heteroatoms. The van der Waals surface area contributed by atoms with Crippen LogP contribution in [0.2, 0.25) is 0 Å². The van der Waals surface area contributed by atoms with Gasteiger partial charge >= 0.3 is 0 Å². The number of rotatable bonds is 6. The quantitative estimate of drug-likeness (QED) is 0.358. The van der Waals surface area contributed by atoms with Crippen LogP contribution in [0.25, 0.3) is 38.6 Å². The van der Waals surface area contributed by atoms with E-state index in [4.69, 9.17) is 9.47 Å². The zero-order valence-corrected chi connectivity index (χ0v) is 21.2. The van der Waals surface area contributed by atoms with Gasteiger partial charge in [-0.15, -0.1) is 0 Å². The van der Waals surface area contributed by atoms with Crippen LogP contribution in [0.1, 0.15) is 18.4 Å². The van der Waals surface area contributed by atoms with E-state index in [1.54, 1.807) is 0 Å². The monoisotopic (exact) mass is 507 g/mol. The third-order valence-electron chi connectivity index (χ3n) is 7.59. The van der Waals surface area contributed by atoms with Crippen molar-refractivity contribution >= 4 is 27.7 Å². The van der Waals surface area contributed by atoms with E-state index in [0.717, 1.165) is 57.7 Å². The molecule has 1 atom stereocenters. The van der Waals surface area contributed by atoms with Crippen LogP contribution in [0.5, 0.6) is 11.5 Å². The van der Waals surface area contributed by atoms with Crippen molar-refractivity contribution in [1.29, 1.82) is 0 Å². The summed E-state index contributed by atoms with van der Waals surface area (Å²) in [5.74, 6) is 1.73. The zero-order valence-electron chi connectivity index (χ0n) is 21.2. The van der Waals surface area contributed by atoms with Crippen molar-refractivity contribution in [3.63, 3.8) is 0 Å². The first-order valence-electron chi connectivity index (χ1n) is 13.1. The molecule has 0 bridgehead atoms. The summed E-state index contributed by atoms with van der Waals surface area (Å²) in [4.78, 5) is 11.6. The van der Waals surface area contributed by atoms with Crippen molar-refractivity contribution in [2.75, 3.05) is 19.8 Å². The van der Waals surface area contributed by atoms with Crippen molar-refractivity contribution in [2.45, 2.75) is 25.4 Å². The lowest BCUT2D eigenvalue weighted by Crippen LogP contribution is -2.35. The largest absolute Gasteiger partial charge is 0.486 e. The lowest BCUT2D eigenvalue weighted by atomic mass is 10.0. The Kier molecular flexibility index (Phi) is 5.55. The lowest BCUT2D eigenvalue weighted by molar-refractivity contribution is -0.119. The van der Waals surface area contributed by atoms with Gasteiger partial charge in [0, 0.05) is 55.3 Å². The molecular formula is C30H29N5O3. The molecule has 1 amide bonds. The molecule has 0 spiro atoms. The molecule has 2 aliphatic heterocycles. The maximum absolute atomic E-state index is 11.6. The highest BCUT2D eigenvalue weighted by Crippen LogP contribution is 2.38. The van der Waals surface area contributed by atoms with Crippen molar-refractivity contribution < 1.29 is 14.3 Å². The molecule has 0 saturated carbocycles. The fourth-order valence-corrected chi connectivity index (χ4v) is 5.66. The third-order valence-corrected chi connectivity index (χ3v) is 7.59. The zero-order chi connectivity index (χ0) is 25.6. The van der Waals surface area contributed by atoms with Crippen LogP contribution in [0.4, 0.5) is 0 Å². The predicted octanol–water partition coefficient (Wildman–Crippen LogP) is 4.32. The van der Waals surface area contributed by atoms with Crippen LogP contribution in [-0.2, 0) is 18.4 Å². The van der Waals surface area contributed by atoms with E-state index in [9.17, 15) is 4.79 Å². The molecule has 2 N–H and O–H groups in total. The number of ether oxygens (including phenoxy) is 2. The second-order valence-electron chi connectivity index (χ2n) is 10.0. The molecule has 7 rings (SSSR count). The van der Waals surface area contributed by atoms with E-state index in [1.165, 1.54) is 10.9 Å². The molecule has 8 nitrogen and oxygen atoms in total. The van der Waals surface area contributed by atoms with Gasteiger partial charge in [-0.3, -0.25) is 9.48 Å². The van der Waals surface area contributed by atoms with Crippen LogP contribution in [0.15, 0.2) is 67.0 Å². The van der Waals surface area contributed by atoms with Gasteiger partial charge in [0.05, 0.1) is 17.2 Å². The molecule has 2 aliphatic rings. The van der Waals surface area contributed by atoms with Gasteiger partial charge in [-0.1, -0.05) is 18.2 Å². The molecule has 2 aromatic heterocycles. The van der Waals surface area contributed by atoms with Gasteiger partial charge in [0.2, 0.25) is 5.91 Å². The van der Waals surface area contributed by atoms with Crippen molar-refractivity contribution in [1.82, 2.24) is 25.0 Å². The summed E-state index contributed by atoms with van der Waals surface area (Å²) in [6.07, 6.45) is 5.56. The second-order valence-corrected chi connectivity index (χ2v) is 10.0. The van der Waals surface area contributed by atoms with Gasteiger partial charge in [-0.2, -0.15) is 5.10 Å². The second kappa shape index (κ2) is 9.22. The van der Waals surface area contributed by atoms with E-state index in [0.29, 0.717) is 26.2 Å². The summed E-state index contributed by atoms with van der Waals surface area (Å²) in [6, 6.07) is 19.4. The van der Waals surface area contributed by atoms with E-state index in [2.05, 4.69) is 75.0 Å². The summed E-state index contributed by atoms with van der Waals surface area (Å²) in [5, 5.41) is 13.4. The Morgan fingerprint density at radius 2 is 1.92 bits per heavy atom. The smallest absolute Gasteiger partial charge is 0.220 e. The Morgan fingerprint density at radius 1 is 1.03 bits per heavy atom. The molecule has 38 heavy (non-hydrogen) atoms. The summed E-state index contributed by atoms with van der Waals surface area (Å²) in [5.41, 5.74) is 6.73.